The third-order valence-corrected chi connectivity index (χ3v) is 5.01. The van der Waals surface area contributed by atoms with Crippen molar-refractivity contribution < 1.29 is 9.52 Å². The maximum atomic E-state index is 11.7. The van der Waals surface area contributed by atoms with Crippen molar-refractivity contribution in [2.24, 2.45) is 0 Å². The van der Waals surface area contributed by atoms with Crippen LogP contribution in [0.4, 0.5) is 0 Å². The van der Waals surface area contributed by atoms with E-state index in [9.17, 15) is 9.90 Å². The molecule has 4 rings (SSSR count). The van der Waals surface area contributed by atoms with Crippen LogP contribution in [0.2, 0.25) is 0 Å². The smallest absolute Gasteiger partial charge is 0.336 e. The molecular weight excluding hydrogens is 302 g/mol. The molecule has 124 valence electrons. The Bertz CT molecular complexity index is 968. The molecule has 4 heteroatoms. The second-order valence-electron chi connectivity index (χ2n) is 6.70. The van der Waals surface area contributed by atoms with Crippen LogP contribution >= 0.6 is 0 Å². The molecule has 0 atom stereocenters. The van der Waals surface area contributed by atoms with Gasteiger partial charge in [-0.2, -0.15) is 0 Å². The number of hydrogen-bond donors (Lipinski definition) is 1. The molecule has 24 heavy (non-hydrogen) atoms. The van der Waals surface area contributed by atoms with Gasteiger partial charge in [0.25, 0.3) is 0 Å². The number of rotatable bonds is 2. The minimum absolute atomic E-state index is 0.295. The van der Waals surface area contributed by atoms with Gasteiger partial charge in [-0.05, 0) is 44.5 Å². The highest BCUT2D eigenvalue weighted by molar-refractivity contribution is 6.07. The molecular formula is C20H21NO3. The molecule has 0 aliphatic carbocycles. The lowest BCUT2D eigenvalue weighted by Crippen LogP contribution is -2.29. The van der Waals surface area contributed by atoms with Crippen LogP contribution in [-0.4, -0.2) is 23.1 Å². The van der Waals surface area contributed by atoms with E-state index in [2.05, 4.69) is 4.90 Å². The lowest BCUT2D eigenvalue weighted by molar-refractivity contribution is 0.219. The van der Waals surface area contributed by atoms with E-state index >= 15 is 0 Å². The fourth-order valence-corrected chi connectivity index (χ4v) is 3.70. The maximum absolute atomic E-state index is 11.7. The average molecular weight is 323 g/mol. The van der Waals surface area contributed by atoms with Gasteiger partial charge in [0.15, 0.2) is 0 Å². The second kappa shape index (κ2) is 5.95. The van der Waals surface area contributed by atoms with Crippen molar-refractivity contribution >= 4 is 21.7 Å². The van der Waals surface area contributed by atoms with Gasteiger partial charge >= 0.3 is 5.63 Å². The Hall–Kier alpha value is -2.33. The quantitative estimate of drug-likeness (QED) is 0.573. The van der Waals surface area contributed by atoms with Crippen molar-refractivity contribution in [3.05, 3.63) is 51.9 Å². The zero-order chi connectivity index (χ0) is 16.7. The molecule has 2 aromatic carbocycles. The molecule has 1 aromatic heterocycles. The minimum atomic E-state index is -0.357. The average Bonchev–Trinajstić information content (AvgIpc) is 2.58. The number of piperidine rings is 1. The van der Waals surface area contributed by atoms with Crippen LogP contribution in [0.1, 0.15) is 30.4 Å². The summed E-state index contributed by atoms with van der Waals surface area (Å²) in [6.45, 7) is 4.83. The van der Waals surface area contributed by atoms with Crippen LogP contribution in [0.25, 0.3) is 21.7 Å². The maximum Gasteiger partial charge on any atom is 0.336 e. The molecule has 0 saturated carbocycles. The highest BCUT2D eigenvalue weighted by Gasteiger charge is 2.16. The van der Waals surface area contributed by atoms with E-state index in [0.29, 0.717) is 11.3 Å². The second-order valence-corrected chi connectivity index (χ2v) is 6.70. The first kappa shape index (κ1) is 15.2. The van der Waals surface area contributed by atoms with Gasteiger partial charge in [-0.15, -0.1) is 0 Å². The summed E-state index contributed by atoms with van der Waals surface area (Å²) in [5.41, 5.74) is 2.01. The van der Waals surface area contributed by atoms with E-state index in [0.717, 1.165) is 46.9 Å². The number of benzene rings is 2. The molecule has 1 saturated heterocycles. The molecule has 1 fully saturated rings. The molecule has 1 N–H and O–H groups in total. The predicted molar refractivity (Wildman–Crippen MR) is 95.5 cm³/mol. The van der Waals surface area contributed by atoms with Crippen molar-refractivity contribution in [2.45, 2.75) is 32.7 Å². The molecule has 0 bridgehead atoms. The largest absolute Gasteiger partial charge is 0.507 e. The molecule has 3 aromatic rings. The van der Waals surface area contributed by atoms with Crippen LogP contribution < -0.4 is 5.63 Å². The zero-order valence-corrected chi connectivity index (χ0v) is 13.8. The SMILES string of the molecule is Cc1cc(=O)oc2c1ccc1c(O)c(CN3CCCCC3)ccc12. The van der Waals surface area contributed by atoms with Crippen LogP contribution in [0.3, 0.4) is 0 Å². The molecule has 4 nitrogen and oxygen atoms in total. The van der Waals surface area contributed by atoms with Crippen molar-refractivity contribution in [1.82, 2.24) is 4.90 Å². The first-order chi connectivity index (χ1) is 11.6. The Morgan fingerprint density at radius 2 is 1.75 bits per heavy atom. The number of nitrogens with zero attached hydrogens (tertiary/aromatic N) is 1. The van der Waals surface area contributed by atoms with Crippen LogP contribution in [0.5, 0.6) is 5.75 Å². The topological polar surface area (TPSA) is 53.7 Å². The molecule has 1 aliphatic rings. The summed E-state index contributed by atoms with van der Waals surface area (Å²) >= 11 is 0. The minimum Gasteiger partial charge on any atom is -0.507 e. The fraction of sp³-hybridized carbons (Fsp3) is 0.350. The Kier molecular flexibility index (Phi) is 3.77. The van der Waals surface area contributed by atoms with Gasteiger partial charge < -0.3 is 9.52 Å². The Labute approximate surface area is 140 Å². The Morgan fingerprint density at radius 1 is 1.04 bits per heavy atom. The molecule has 0 spiro atoms. The van der Waals surface area contributed by atoms with E-state index in [-0.39, 0.29) is 5.63 Å². The molecule has 0 amide bonds. The normalized spacial score (nSPS) is 16.0. The van der Waals surface area contributed by atoms with Crippen molar-refractivity contribution in [2.75, 3.05) is 13.1 Å². The summed E-state index contributed by atoms with van der Waals surface area (Å²) in [6, 6.07) is 9.24. The predicted octanol–water partition coefficient (Wildman–Crippen LogP) is 3.95. The monoisotopic (exact) mass is 323 g/mol. The Balaban J connectivity index is 1.84. The lowest BCUT2D eigenvalue weighted by Gasteiger charge is -2.26. The van der Waals surface area contributed by atoms with Gasteiger partial charge in [0.1, 0.15) is 11.3 Å². The number of likely N-dealkylation sites (tertiary alicyclic amines) is 1. The first-order valence-electron chi connectivity index (χ1n) is 8.54. The van der Waals surface area contributed by atoms with Crippen molar-refractivity contribution in [1.29, 1.82) is 0 Å². The third-order valence-electron chi connectivity index (χ3n) is 5.01. The van der Waals surface area contributed by atoms with E-state index in [1.54, 1.807) is 0 Å². The summed E-state index contributed by atoms with van der Waals surface area (Å²) in [5.74, 6) is 0.295. The van der Waals surface area contributed by atoms with Crippen LogP contribution in [0, 0.1) is 6.92 Å². The summed E-state index contributed by atoms with van der Waals surface area (Å²) in [4.78, 5) is 14.1. The Morgan fingerprint density at radius 3 is 2.54 bits per heavy atom. The number of aromatic hydroxyl groups is 1. The zero-order valence-electron chi connectivity index (χ0n) is 13.8. The molecule has 1 aliphatic heterocycles. The standard InChI is InChI=1S/C20H21NO3/c1-13-11-18(22)24-20-15(13)7-8-16-17(20)6-5-14(19(16)23)12-21-9-3-2-4-10-21/h5-8,11,23H,2-4,9-10,12H2,1H3. The molecule has 0 unspecified atom stereocenters. The van der Waals surface area contributed by atoms with Crippen molar-refractivity contribution in [3.8, 4) is 5.75 Å². The van der Waals surface area contributed by atoms with Gasteiger partial charge in [0.2, 0.25) is 0 Å². The van der Waals surface area contributed by atoms with Gasteiger partial charge in [-0.25, -0.2) is 4.79 Å². The van der Waals surface area contributed by atoms with Gasteiger partial charge in [-0.1, -0.05) is 24.6 Å². The number of aryl methyl sites for hydroxylation is 1. The highest BCUT2D eigenvalue weighted by Crippen LogP contribution is 2.34. The molecule has 0 radical (unpaired) electrons. The van der Waals surface area contributed by atoms with Crippen LogP contribution in [-0.2, 0) is 6.54 Å². The summed E-state index contributed by atoms with van der Waals surface area (Å²) in [5, 5.41) is 13.2. The fourth-order valence-electron chi connectivity index (χ4n) is 3.70. The third kappa shape index (κ3) is 2.57. The lowest BCUT2D eigenvalue weighted by atomic mass is 10.0. The van der Waals surface area contributed by atoms with Gasteiger partial charge in [-0.3, -0.25) is 4.90 Å². The number of phenols is 1. The number of fused-ring (bicyclic) bond motifs is 3. The summed E-state index contributed by atoms with van der Waals surface area (Å²) in [7, 11) is 0. The van der Waals surface area contributed by atoms with E-state index < -0.39 is 0 Å². The van der Waals surface area contributed by atoms with E-state index in [1.807, 2.05) is 31.2 Å². The van der Waals surface area contributed by atoms with Gasteiger partial charge in [0, 0.05) is 34.3 Å². The van der Waals surface area contributed by atoms with Gasteiger partial charge in [0.05, 0.1) is 0 Å². The summed E-state index contributed by atoms with van der Waals surface area (Å²) in [6.07, 6.45) is 3.75. The van der Waals surface area contributed by atoms with Crippen LogP contribution in [0.15, 0.2) is 39.5 Å². The first-order valence-corrected chi connectivity index (χ1v) is 8.54. The number of hydrogen-bond acceptors (Lipinski definition) is 4. The number of phenolic OH excluding ortho intramolecular Hbond substituents is 1. The van der Waals surface area contributed by atoms with E-state index in [1.165, 1.54) is 25.3 Å². The summed E-state index contributed by atoms with van der Waals surface area (Å²) < 4.78 is 5.42. The van der Waals surface area contributed by atoms with Crippen molar-refractivity contribution in [3.63, 3.8) is 0 Å². The highest BCUT2D eigenvalue weighted by atomic mass is 16.4. The van der Waals surface area contributed by atoms with E-state index in [4.69, 9.17) is 4.42 Å². The molecule has 2 heterocycles.